The number of fused-ring (bicyclic) bond motifs is 1. The Labute approximate surface area is 101 Å². The van der Waals surface area contributed by atoms with Crippen molar-refractivity contribution in [3.63, 3.8) is 0 Å². The fourth-order valence-corrected chi connectivity index (χ4v) is 2.27. The molecule has 0 spiro atoms. The predicted octanol–water partition coefficient (Wildman–Crippen LogP) is 3.45. The van der Waals surface area contributed by atoms with Crippen LogP contribution in [0.15, 0.2) is 30.3 Å². The van der Waals surface area contributed by atoms with Crippen LogP contribution in [0.4, 0.5) is 0 Å². The number of halogens is 1. The van der Waals surface area contributed by atoms with E-state index in [0.717, 1.165) is 14.3 Å². The molecule has 2 aromatic rings. The molecule has 0 bridgehead atoms. The van der Waals surface area contributed by atoms with Crippen LogP contribution in [0.1, 0.15) is 15.9 Å². The first-order valence-corrected chi connectivity index (χ1v) is 5.60. The molecule has 0 unspecified atom stereocenters. The van der Waals surface area contributed by atoms with Crippen molar-refractivity contribution in [3.05, 3.63) is 45.0 Å². The Morgan fingerprint density at radius 2 is 1.93 bits per heavy atom. The Kier molecular flexibility index (Phi) is 2.65. The quantitative estimate of drug-likeness (QED) is 0.819. The molecule has 0 amide bonds. The van der Waals surface area contributed by atoms with Crippen LogP contribution in [-0.4, -0.2) is 11.1 Å². The van der Waals surface area contributed by atoms with Gasteiger partial charge in [-0.2, -0.15) is 0 Å². The van der Waals surface area contributed by atoms with E-state index in [2.05, 4.69) is 22.6 Å². The normalized spacial score (nSPS) is 10.5. The van der Waals surface area contributed by atoms with Crippen molar-refractivity contribution in [3.8, 4) is 0 Å². The van der Waals surface area contributed by atoms with E-state index in [-0.39, 0.29) is 0 Å². The number of rotatable bonds is 1. The number of aromatic carboxylic acids is 1. The van der Waals surface area contributed by atoms with Crippen LogP contribution in [0.3, 0.4) is 0 Å². The first kappa shape index (κ1) is 10.4. The molecule has 0 saturated heterocycles. The molecule has 3 heteroatoms. The van der Waals surface area contributed by atoms with Crippen LogP contribution in [0.25, 0.3) is 10.8 Å². The summed E-state index contributed by atoms with van der Waals surface area (Å²) >= 11 is 2.25. The van der Waals surface area contributed by atoms with Crippen molar-refractivity contribution in [2.24, 2.45) is 0 Å². The SMILES string of the molecule is Cc1ccc2c(C(=O)O)cccc2c1I. The van der Waals surface area contributed by atoms with Crippen molar-refractivity contribution in [2.45, 2.75) is 6.92 Å². The molecule has 0 fully saturated rings. The number of hydrogen-bond acceptors (Lipinski definition) is 1. The van der Waals surface area contributed by atoms with E-state index in [4.69, 9.17) is 5.11 Å². The Balaban J connectivity index is 2.89. The van der Waals surface area contributed by atoms with Gasteiger partial charge >= 0.3 is 5.97 Å². The summed E-state index contributed by atoms with van der Waals surface area (Å²) in [6.07, 6.45) is 0. The van der Waals surface area contributed by atoms with E-state index in [9.17, 15) is 4.79 Å². The second-order valence-electron chi connectivity index (χ2n) is 3.40. The van der Waals surface area contributed by atoms with Crippen LogP contribution >= 0.6 is 22.6 Å². The van der Waals surface area contributed by atoms with E-state index >= 15 is 0 Å². The molecule has 76 valence electrons. The highest BCUT2D eigenvalue weighted by Gasteiger charge is 2.09. The molecule has 0 saturated carbocycles. The lowest BCUT2D eigenvalue weighted by Crippen LogP contribution is -1.98. The molecule has 0 aliphatic rings. The van der Waals surface area contributed by atoms with Crippen LogP contribution < -0.4 is 0 Å². The maximum absolute atomic E-state index is 11.0. The van der Waals surface area contributed by atoms with Gasteiger partial charge in [0.15, 0.2) is 0 Å². The molecule has 2 nitrogen and oxygen atoms in total. The largest absolute Gasteiger partial charge is 0.478 e. The van der Waals surface area contributed by atoms with Crippen LogP contribution in [0.2, 0.25) is 0 Å². The van der Waals surface area contributed by atoms with Crippen molar-refractivity contribution >= 4 is 39.3 Å². The molecular weight excluding hydrogens is 303 g/mol. The van der Waals surface area contributed by atoms with Gasteiger partial charge < -0.3 is 5.11 Å². The third-order valence-electron chi connectivity index (χ3n) is 2.42. The zero-order chi connectivity index (χ0) is 11.0. The van der Waals surface area contributed by atoms with E-state index < -0.39 is 5.97 Å². The van der Waals surface area contributed by atoms with Gasteiger partial charge in [0.1, 0.15) is 0 Å². The average Bonchev–Trinajstić information content (AvgIpc) is 2.23. The number of hydrogen-bond donors (Lipinski definition) is 1. The standard InChI is InChI=1S/C12H9IO2/c1-7-5-6-8-9(11(7)13)3-2-4-10(8)12(14)15/h2-6H,1H3,(H,14,15). The smallest absolute Gasteiger partial charge is 0.336 e. The van der Waals surface area contributed by atoms with Gasteiger partial charge in [0.05, 0.1) is 5.56 Å². The second-order valence-corrected chi connectivity index (χ2v) is 4.48. The maximum atomic E-state index is 11.0. The zero-order valence-corrected chi connectivity index (χ0v) is 10.3. The first-order valence-electron chi connectivity index (χ1n) is 4.52. The summed E-state index contributed by atoms with van der Waals surface area (Å²) < 4.78 is 1.12. The highest BCUT2D eigenvalue weighted by molar-refractivity contribution is 14.1. The third-order valence-corrected chi connectivity index (χ3v) is 3.85. The van der Waals surface area contributed by atoms with Gasteiger partial charge in [-0.25, -0.2) is 4.79 Å². The summed E-state index contributed by atoms with van der Waals surface area (Å²) in [7, 11) is 0. The molecule has 0 heterocycles. The van der Waals surface area contributed by atoms with E-state index in [1.807, 2.05) is 25.1 Å². The lowest BCUT2D eigenvalue weighted by atomic mass is 10.0. The molecule has 2 rings (SSSR count). The number of carboxylic acids is 1. The van der Waals surface area contributed by atoms with Crippen LogP contribution in [0, 0.1) is 10.5 Å². The van der Waals surface area contributed by atoms with Gasteiger partial charge in [0.2, 0.25) is 0 Å². The van der Waals surface area contributed by atoms with E-state index in [1.54, 1.807) is 12.1 Å². The second kappa shape index (κ2) is 3.81. The van der Waals surface area contributed by atoms with Gasteiger partial charge in [0, 0.05) is 3.57 Å². The van der Waals surface area contributed by atoms with Crippen LogP contribution in [-0.2, 0) is 0 Å². The first-order chi connectivity index (χ1) is 7.11. The topological polar surface area (TPSA) is 37.3 Å². The molecular formula is C12H9IO2. The number of benzene rings is 2. The fourth-order valence-electron chi connectivity index (χ4n) is 1.62. The monoisotopic (exact) mass is 312 g/mol. The van der Waals surface area contributed by atoms with E-state index in [0.29, 0.717) is 5.56 Å². The van der Waals surface area contributed by atoms with Crippen molar-refractivity contribution in [1.82, 2.24) is 0 Å². The van der Waals surface area contributed by atoms with E-state index in [1.165, 1.54) is 5.56 Å². The Morgan fingerprint density at radius 3 is 2.60 bits per heavy atom. The molecule has 1 N–H and O–H groups in total. The van der Waals surface area contributed by atoms with Gasteiger partial charge in [-0.05, 0) is 51.9 Å². The summed E-state index contributed by atoms with van der Waals surface area (Å²) in [6.45, 7) is 2.02. The highest BCUT2D eigenvalue weighted by atomic mass is 127. The number of aryl methyl sites for hydroxylation is 1. The van der Waals surface area contributed by atoms with Crippen LogP contribution in [0.5, 0.6) is 0 Å². The molecule has 0 aliphatic carbocycles. The third kappa shape index (κ3) is 1.71. The Bertz CT molecular complexity index is 547. The molecule has 0 atom stereocenters. The van der Waals surface area contributed by atoms with Crippen molar-refractivity contribution in [1.29, 1.82) is 0 Å². The summed E-state index contributed by atoms with van der Waals surface area (Å²) in [5, 5.41) is 10.9. The summed E-state index contributed by atoms with van der Waals surface area (Å²) in [5.74, 6) is -0.875. The van der Waals surface area contributed by atoms with Crippen molar-refractivity contribution in [2.75, 3.05) is 0 Å². The Morgan fingerprint density at radius 1 is 1.20 bits per heavy atom. The number of carbonyl (C=O) groups is 1. The molecule has 2 aromatic carbocycles. The van der Waals surface area contributed by atoms with Crippen molar-refractivity contribution < 1.29 is 9.90 Å². The lowest BCUT2D eigenvalue weighted by molar-refractivity contribution is 0.0699. The van der Waals surface area contributed by atoms with Gasteiger partial charge in [-0.15, -0.1) is 0 Å². The van der Waals surface area contributed by atoms with Gasteiger partial charge in [-0.3, -0.25) is 0 Å². The summed E-state index contributed by atoms with van der Waals surface area (Å²) in [4.78, 5) is 11.0. The molecule has 0 aromatic heterocycles. The zero-order valence-electron chi connectivity index (χ0n) is 8.12. The average molecular weight is 312 g/mol. The minimum Gasteiger partial charge on any atom is -0.478 e. The maximum Gasteiger partial charge on any atom is 0.336 e. The summed E-state index contributed by atoms with van der Waals surface area (Å²) in [5.41, 5.74) is 1.54. The predicted molar refractivity (Wildman–Crippen MR) is 68.4 cm³/mol. The molecule has 0 aliphatic heterocycles. The molecule has 0 radical (unpaired) electrons. The van der Waals surface area contributed by atoms with Gasteiger partial charge in [0.25, 0.3) is 0 Å². The number of carboxylic acid groups (broad SMARTS) is 1. The Hall–Kier alpha value is -1.10. The lowest BCUT2D eigenvalue weighted by Gasteiger charge is -2.06. The minimum atomic E-state index is -0.875. The summed E-state index contributed by atoms with van der Waals surface area (Å²) in [6, 6.07) is 9.20. The fraction of sp³-hybridized carbons (Fsp3) is 0.0833. The molecule has 15 heavy (non-hydrogen) atoms. The minimum absolute atomic E-state index is 0.366. The van der Waals surface area contributed by atoms with Gasteiger partial charge in [-0.1, -0.05) is 24.3 Å². The highest BCUT2D eigenvalue weighted by Crippen LogP contribution is 2.26.